The quantitative estimate of drug-likeness (QED) is 0.926. The van der Waals surface area contributed by atoms with Gasteiger partial charge in [-0.3, -0.25) is 0 Å². The van der Waals surface area contributed by atoms with Gasteiger partial charge in [0.1, 0.15) is 0 Å². The average molecular weight is 311 g/mol. The van der Waals surface area contributed by atoms with E-state index >= 15 is 0 Å². The van der Waals surface area contributed by atoms with Crippen LogP contribution in [0.5, 0.6) is 0 Å². The Morgan fingerprint density at radius 3 is 2.76 bits per heavy atom. The molecular formula is C15H21NO4S. The summed E-state index contributed by atoms with van der Waals surface area (Å²) >= 11 is 0. The summed E-state index contributed by atoms with van der Waals surface area (Å²) in [5.41, 5.74) is 0.628. The van der Waals surface area contributed by atoms with Gasteiger partial charge in [-0.25, -0.2) is 13.2 Å². The molecule has 2 rings (SSSR count). The van der Waals surface area contributed by atoms with Gasteiger partial charge in [-0.15, -0.1) is 0 Å². The molecule has 2 atom stereocenters. The van der Waals surface area contributed by atoms with Crippen LogP contribution in [0.1, 0.15) is 42.6 Å². The van der Waals surface area contributed by atoms with Gasteiger partial charge in [0, 0.05) is 12.6 Å². The Morgan fingerprint density at radius 1 is 1.38 bits per heavy atom. The fraction of sp³-hybridized carbons (Fsp3) is 0.533. The third kappa shape index (κ3) is 3.63. The van der Waals surface area contributed by atoms with E-state index in [1.807, 2.05) is 6.92 Å². The molecule has 1 heterocycles. The van der Waals surface area contributed by atoms with Gasteiger partial charge in [0.15, 0.2) is 0 Å². The molecule has 0 radical (unpaired) electrons. The number of aromatic carboxylic acids is 1. The van der Waals surface area contributed by atoms with Crippen LogP contribution in [-0.2, 0) is 15.8 Å². The predicted octanol–water partition coefficient (Wildman–Crippen LogP) is 2.34. The Hall–Kier alpha value is -1.40. The van der Waals surface area contributed by atoms with Gasteiger partial charge in [0.25, 0.3) is 0 Å². The van der Waals surface area contributed by atoms with Gasteiger partial charge in [0.2, 0.25) is 10.0 Å². The molecule has 1 aliphatic rings. The molecule has 6 heteroatoms. The number of carbonyl (C=O) groups is 1. The monoisotopic (exact) mass is 311 g/mol. The number of carboxylic acid groups (broad SMARTS) is 1. The van der Waals surface area contributed by atoms with Crippen molar-refractivity contribution in [3.63, 3.8) is 0 Å². The summed E-state index contributed by atoms with van der Waals surface area (Å²) < 4.78 is 26.7. The summed E-state index contributed by atoms with van der Waals surface area (Å²) in [5, 5.41) is 8.97. The summed E-state index contributed by atoms with van der Waals surface area (Å²) in [6, 6.07) is 6.12. The maximum absolute atomic E-state index is 12.6. The minimum Gasteiger partial charge on any atom is -0.478 e. The first kappa shape index (κ1) is 16.0. The van der Waals surface area contributed by atoms with Crippen molar-refractivity contribution in [2.24, 2.45) is 5.92 Å². The summed E-state index contributed by atoms with van der Waals surface area (Å²) in [7, 11) is -3.42. The Balaban J connectivity index is 2.21. The van der Waals surface area contributed by atoms with Gasteiger partial charge in [-0.1, -0.05) is 19.1 Å². The average Bonchev–Trinajstić information content (AvgIpc) is 2.41. The van der Waals surface area contributed by atoms with Crippen molar-refractivity contribution in [1.82, 2.24) is 4.31 Å². The summed E-state index contributed by atoms with van der Waals surface area (Å²) in [6.07, 6.45) is 1.92. The van der Waals surface area contributed by atoms with E-state index in [0.29, 0.717) is 18.0 Å². The van der Waals surface area contributed by atoms with E-state index in [1.165, 1.54) is 12.1 Å². The fourth-order valence-electron chi connectivity index (χ4n) is 2.78. The zero-order valence-electron chi connectivity index (χ0n) is 12.3. The van der Waals surface area contributed by atoms with E-state index < -0.39 is 16.0 Å². The summed E-state index contributed by atoms with van der Waals surface area (Å²) in [4.78, 5) is 11.0. The first-order valence-electron chi connectivity index (χ1n) is 7.13. The van der Waals surface area contributed by atoms with Gasteiger partial charge < -0.3 is 5.11 Å². The number of benzene rings is 1. The van der Waals surface area contributed by atoms with Crippen LogP contribution in [-0.4, -0.2) is 36.4 Å². The van der Waals surface area contributed by atoms with Crippen molar-refractivity contribution in [3.05, 3.63) is 35.4 Å². The number of sulfonamides is 1. The SMILES string of the molecule is CC1CCCN(S(=O)(=O)Cc2cccc(C(=O)O)c2)C1C. The van der Waals surface area contributed by atoms with Crippen molar-refractivity contribution in [2.75, 3.05) is 6.54 Å². The Labute approximate surface area is 125 Å². The topological polar surface area (TPSA) is 74.7 Å². The molecule has 1 aromatic rings. The van der Waals surface area contributed by atoms with E-state index in [0.717, 1.165) is 12.8 Å². The van der Waals surface area contributed by atoms with Crippen molar-refractivity contribution in [3.8, 4) is 0 Å². The first-order valence-corrected chi connectivity index (χ1v) is 8.74. The second-order valence-corrected chi connectivity index (χ2v) is 7.65. The Morgan fingerprint density at radius 2 is 2.10 bits per heavy atom. The number of rotatable bonds is 4. The van der Waals surface area contributed by atoms with Crippen LogP contribution >= 0.6 is 0 Å². The van der Waals surface area contributed by atoms with Gasteiger partial charge in [0.05, 0.1) is 11.3 Å². The second-order valence-electron chi connectivity index (χ2n) is 5.73. The zero-order valence-corrected chi connectivity index (χ0v) is 13.1. The highest BCUT2D eigenvalue weighted by Gasteiger charge is 2.33. The second kappa shape index (κ2) is 6.15. The number of carboxylic acids is 1. The van der Waals surface area contributed by atoms with Crippen molar-refractivity contribution < 1.29 is 18.3 Å². The van der Waals surface area contributed by atoms with E-state index in [1.54, 1.807) is 16.4 Å². The molecule has 0 bridgehead atoms. The molecule has 0 saturated carbocycles. The van der Waals surface area contributed by atoms with Crippen LogP contribution in [0.25, 0.3) is 0 Å². The molecule has 2 unspecified atom stereocenters. The molecule has 116 valence electrons. The van der Waals surface area contributed by atoms with Crippen molar-refractivity contribution >= 4 is 16.0 Å². The van der Waals surface area contributed by atoms with E-state index in [-0.39, 0.29) is 17.4 Å². The number of nitrogens with zero attached hydrogens (tertiary/aromatic N) is 1. The van der Waals surface area contributed by atoms with Gasteiger partial charge in [-0.05, 0) is 43.4 Å². The van der Waals surface area contributed by atoms with Crippen LogP contribution in [0.4, 0.5) is 0 Å². The Kier molecular flexibility index (Phi) is 4.68. The van der Waals surface area contributed by atoms with Gasteiger partial charge in [-0.2, -0.15) is 4.31 Å². The lowest BCUT2D eigenvalue weighted by Crippen LogP contribution is -2.46. The highest BCUT2D eigenvalue weighted by atomic mass is 32.2. The third-order valence-corrected chi connectivity index (χ3v) is 6.12. The molecular weight excluding hydrogens is 290 g/mol. The molecule has 21 heavy (non-hydrogen) atoms. The van der Waals surface area contributed by atoms with E-state index in [9.17, 15) is 13.2 Å². The van der Waals surface area contributed by atoms with Crippen LogP contribution in [0, 0.1) is 5.92 Å². The largest absolute Gasteiger partial charge is 0.478 e. The number of hydrogen-bond donors (Lipinski definition) is 1. The van der Waals surface area contributed by atoms with Crippen LogP contribution < -0.4 is 0 Å². The van der Waals surface area contributed by atoms with Crippen molar-refractivity contribution in [2.45, 2.75) is 38.5 Å². The summed E-state index contributed by atoms with van der Waals surface area (Å²) in [5.74, 6) is -0.848. The van der Waals surface area contributed by atoms with Gasteiger partial charge >= 0.3 is 5.97 Å². The lowest BCUT2D eigenvalue weighted by molar-refractivity contribution is 0.0696. The molecule has 0 aromatic heterocycles. The van der Waals surface area contributed by atoms with Crippen LogP contribution in [0.2, 0.25) is 0 Å². The molecule has 0 spiro atoms. The fourth-order valence-corrected chi connectivity index (χ4v) is 4.67. The zero-order chi connectivity index (χ0) is 15.6. The maximum atomic E-state index is 12.6. The smallest absolute Gasteiger partial charge is 0.335 e. The Bertz CT molecular complexity index is 626. The van der Waals surface area contributed by atoms with Crippen molar-refractivity contribution in [1.29, 1.82) is 0 Å². The number of piperidine rings is 1. The highest BCUT2D eigenvalue weighted by Crippen LogP contribution is 2.27. The molecule has 1 fully saturated rings. The van der Waals surface area contributed by atoms with Crippen LogP contribution in [0.15, 0.2) is 24.3 Å². The lowest BCUT2D eigenvalue weighted by atomic mass is 9.94. The standard InChI is InChI=1S/C15H21NO4S/c1-11-5-4-8-16(12(11)2)21(19,20)10-13-6-3-7-14(9-13)15(17)18/h3,6-7,9,11-12H,4-5,8,10H2,1-2H3,(H,17,18). The highest BCUT2D eigenvalue weighted by molar-refractivity contribution is 7.88. The predicted molar refractivity (Wildman–Crippen MR) is 80.6 cm³/mol. The third-order valence-electron chi connectivity index (χ3n) is 4.20. The molecule has 1 aliphatic heterocycles. The van der Waals surface area contributed by atoms with E-state index in [2.05, 4.69) is 6.92 Å². The minimum absolute atomic E-state index is 0.00796. The lowest BCUT2D eigenvalue weighted by Gasteiger charge is -2.36. The molecule has 1 aromatic carbocycles. The first-order chi connectivity index (χ1) is 9.81. The van der Waals surface area contributed by atoms with E-state index in [4.69, 9.17) is 5.11 Å². The molecule has 1 N–H and O–H groups in total. The molecule has 0 aliphatic carbocycles. The molecule has 0 amide bonds. The van der Waals surface area contributed by atoms with Crippen LogP contribution in [0.3, 0.4) is 0 Å². The number of hydrogen-bond acceptors (Lipinski definition) is 3. The molecule has 5 nitrogen and oxygen atoms in total. The molecule has 1 saturated heterocycles. The normalized spacial score (nSPS) is 23.9. The summed E-state index contributed by atoms with van der Waals surface area (Å²) in [6.45, 7) is 4.55. The maximum Gasteiger partial charge on any atom is 0.335 e. The minimum atomic E-state index is -3.42.